The number of allylic oxidation sites excluding steroid dienone is 1. The third-order valence-corrected chi connectivity index (χ3v) is 7.53. The van der Waals surface area contributed by atoms with E-state index in [-0.39, 0.29) is 30.1 Å². The van der Waals surface area contributed by atoms with E-state index in [1.54, 1.807) is 62.4 Å². The average molecular weight is 559 g/mol. The zero-order valence-corrected chi connectivity index (χ0v) is 22.2. The number of carbonyl (C=O) groups is 2. The molecule has 2 aliphatic heterocycles. The van der Waals surface area contributed by atoms with Crippen molar-refractivity contribution in [3.63, 3.8) is 0 Å². The van der Waals surface area contributed by atoms with Crippen molar-refractivity contribution >= 4 is 29.4 Å². The van der Waals surface area contributed by atoms with Gasteiger partial charge in [0.25, 0.3) is 5.56 Å². The normalized spacial score (nSPS) is 16.1. The first-order chi connectivity index (χ1) is 19.3. The van der Waals surface area contributed by atoms with Gasteiger partial charge in [-0.2, -0.15) is 0 Å². The molecule has 6 rings (SSSR count). The molecule has 1 unspecified atom stereocenters. The van der Waals surface area contributed by atoms with E-state index in [1.807, 2.05) is 0 Å². The fourth-order valence-electron chi connectivity index (χ4n) is 4.68. The molecule has 11 heteroatoms. The van der Waals surface area contributed by atoms with Gasteiger partial charge in [0.15, 0.2) is 16.3 Å². The number of carboxylic acid groups (broad SMARTS) is 1. The van der Waals surface area contributed by atoms with Crippen molar-refractivity contribution in [2.45, 2.75) is 19.9 Å². The molecule has 0 fully saturated rings. The first-order valence-corrected chi connectivity index (χ1v) is 13.2. The Balaban J connectivity index is 1.44. The number of aromatic nitrogens is 1. The van der Waals surface area contributed by atoms with Gasteiger partial charge in [0.1, 0.15) is 11.5 Å². The molecule has 2 aromatic heterocycles. The minimum atomic E-state index is -1.01. The predicted molar refractivity (Wildman–Crippen MR) is 144 cm³/mol. The molecular formula is C29H22N2O8S. The van der Waals surface area contributed by atoms with Gasteiger partial charge < -0.3 is 23.7 Å². The molecule has 4 aromatic rings. The summed E-state index contributed by atoms with van der Waals surface area (Å²) in [5, 5.41) is 9.13. The lowest BCUT2D eigenvalue weighted by molar-refractivity contribution is -0.139. The molecule has 10 nitrogen and oxygen atoms in total. The van der Waals surface area contributed by atoms with E-state index in [4.69, 9.17) is 23.7 Å². The zero-order chi connectivity index (χ0) is 28.0. The standard InChI is InChI=1S/C29H22N2O8S/c1-3-36-28(35)24-15(2)30-29-31(25(24)18-8-10-21-22(12-18)38-14-37-21)26(32)23(40-29)13-19-9-11-20(39-19)16-4-6-17(7-5-16)27(33)34/h4-13,25H,3,14H2,1-2H3,(H,33,34)/b23-13+. The van der Waals surface area contributed by atoms with E-state index in [1.165, 1.54) is 28.0 Å². The Hall–Kier alpha value is -4.90. The summed E-state index contributed by atoms with van der Waals surface area (Å²) in [6, 6.07) is 14.3. The van der Waals surface area contributed by atoms with E-state index in [9.17, 15) is 14.4 Å². The molecular weight excluding hydrogens is 536 g/mol. The molecule has 0 saturated carbocycles. The van der Waals surface area contributed by atoms with Crippen LogP contribution in [0.5, 0.6) is 11.5 Å². The van der Waals surface area contributed by atoms with Gasteiger partial charge in [-0.25, -0.2) is 14.6 Å². The minimum absolute atomic E-state index is 0.0932. The number of rotatable bonds is 6. The minimum Gasteiger partial charge on any atom is -0.478 e. The number of carboxylic acids is 1. The van der Waals surface area contributed by atoms with Gasteiger partial charge in [-0.05, 0) is 55.8 Å². The molecule has 0 aliphatic carbocycles. The van der Waals surface area contributed by atoms with Crippen molar-refractivity contribution in [3.8, 4) is 22.8 Å². The third-order valence-electron chi connectivity index (χ3n) is 6.55. The van der Waals surface area contributed by atoms with Crippen LogP contribution in [0, 0.1) is 0 Å². The molecule has 2 aliphatic rings. The molecule has 2 aromatic carbocycles. The molecule has 0 amide bonds. The largest absolute Gasteiger partial charge is 0.478 e. The third kappa shape index (κ3) is 4.39. The lowest BCUT2D eigenvalue weighted by Gasteiger charge is -2.24. The fourth-order valence-corrected chi connectivity index (χ4v) is 5.71. The number of hydrogen-bond acceptors (Lipinski definition) is 9. The molecule has 4 heterocycles. The number of hydrogen-bond donors (Lipinski definition) is 1. The van der Waals surface area contributed by atoms with Gasteiger partial charge in [0.2, 0.25) is 6.79 Å². The van der Waals surface area contributed by atoms with E-state index >= 15 is 0 Å². The Labute approximate surface area is 230 Å². The summed E-state index contributed by atoms with van der Waals surface area (Å²) in [5.41, 5.74) is 1.90. The van der Waals surface area contributed by atoms with Gasteiger partial charge in [-0.15, -0.1) is 0 Å². The number of aromatic carboxylic acids is 1. The van der Waals surface area contributed by atoms with Gasteiger partial charge in [-0.1, -0.05) is 29.5 Å². The van der Waals surface area contributed by atoms with Crippen LogP contribution in [0.25, 0.3) is 17.4 Å². The molecule has 0 saturated heterocycles. The van der Waals surface area contributed by atoms with Crippen LogP contribution >= 0.6 is 11.3 Å². The maximum absolute atomic E-state index is 13.8. The second-order valence-corrected chi connectivity index (χ2v) is 10.0. The van der Waals surface area contributed by atoms with Gasteiger partial charge in [0.05, 0.1) is 34.0 Å². The molecule has 0 radical (unpaired) electrons. The van der Waals surface area contributed by atoms with Crippen molar-refractivity contribution in [2.75, 3.05) is 13.4 Å². The van der Waals surface area contributed by atoms with E-state index in [0.29, 0.717) is 49.2 Å². The van der Waals surface area contributed by atoms with Crippen LogP contribution in [-0.2, 0) is 9.53 Å². The summed E-state index contributed by atoms with van der Waals surface area (Å²) in [5.74, 6) is 0.503. The highest BCUT2D eigenvalue weighted by molar-refractivity contribution is 7.07. The second kappa shape index (κ2) is 10.0. The summed E-state index contributed by atoms with van der Waals surface area (Å²) in [6.07, 6.45) is 1.62. The van der Waals surface area contributed by atoms with Crippen LogP contribution in [0.2, 0.25) is 0 Å². The van der Waals surface area contributed by atoms with Gasteiger partial charge in [-0.3, -0.25) is 9.36 Å². The number of nitrogens with zero attached hydrogens (tertiary/aromatic N) is 2. The van der Waals surface area contributed by atoms with Crippen LogP contribution < -0.4 is 24.4 Å². The molecule has 40 heavy (non-hydrogen) atoms. The summed E-state index contributed by atoms with van der Waals surface area (Å²) in [4.78, 5) is 43.0. The van der Waals surface area contributed by atoms with Gasteiger partial charge >= 0.3 is 11.9 Å². The number of benzene rings is 2. The van der Waals surface area contributed by atoms with Crippen molar-refractivity contribution in [1.82, 2.24) is 4.57 Å². The van der Waals surface area contributed by atoms with Crippen LogP contribution in [-0.4, -0.2) is 35.0 Å². The number of furan rings is 1. The van der Waals surface area contributed by atoms with E-state index in [2.05, 4.69) is 4.99 Å². The van der Waals surface area contributed by atoms with Crippen LogP contribution in [0.4, 0.5) is 0 Å². The number of ether oxygens (including phenoxy) is 3. The van der Waals surface area contributed by atoms with Crippen LogP contribution in [0.3, 0.4) is 0 Å². The van der Waals surface area contributed by atoms with Crippen LogP contribution in [0.15, 0.2) is 80.1 Å². The topological polar surface area (TPSA) is 130 Å². The lowest BCUT2D eigenvalue weighted by atomic mass is 9.95. The fraction of sp³-hybridized carbons (Fsp3) is 0.172. The SMILES string of the molecule is CCOC(=O)C1=C(C)N=c2s/c(=C/c3ccc(-c4ccc(C(=O)O)cc4)o3)c(=O)n2C1c1ccc2c(c1)OCO2. The summed E-state index contributed by atoms with van der Waals surface area (Å²) >= 11 is 1.18. The number of thiazole rings is 1. The summed E-state index contributed by atoms with van der Waals surface area (Å²) < 4.78 is 24.1. The lowest BCUT2D eigenvalue weighted by Crippen LogP contribution is -2.39. The zero-order valence-electron chi connectivity index (χ0n) is 21.4. The number of esters is 1. The average Bonchev–Trinajstić information content (AvgIpc) is 3.67. The first kappa shape index (κ1) is 25.4. The van der Waals surface area contributed by atoms with E-state index in [0.717, 1.165) is 0 Å². The highest BCUT2D eigenvalue weighted by Gasteiger charge is 2.34. The van der Waals surface area contributed by atoms with Crippen molar-refractivity contribution in [2.24, 2.45) is 4.99 Å². The molecule has 0 bridgehead atoms. The Kier molecular flexibility index (Phi) is 6.35. The van der Waals surface area contributed by atoms with Crippen LogP contribution in [0.1, 0.15) is 41.6 Å². The quantitative estimate of drug-likeness (QED) is 0.356. The Morgan fingerprint density at radius 2 is 1.90 bits per heavy atom. The Morgan fingerprint density at radius 3 is 2.65 bits per heavy atom. The molecule has 202 valence electrons. The Morgan fingerprint density at radius 1 is 1.12 bits per heavy atom. The molecule has 0 spiro atoms. The summed E-state index contributed by atoms with van der Waals surface area (Å²) in [7, 11) is 0. The van der Waals surface area contributed by atoms with Crippen molar-refractivity contribution < 1.29 is 33.3 Å². The maximum Gasteiger partial charge on any atom is 0.338 e. The van der Waals surface area contributed by atoms with E-state index < -0.39 is 18.0 Å². The highest BCUT2D eigenvalue weighted by Crippen LogP contribution is 2.38. The smallest absolute Gasteiger partial charge is 0.338 e. The molecule has 1 N–H and O–H groups in total. The van der Waals surface area contributed by atoms with Crippen molar-refractivity contribution in [3.05, 3.63) is 102 Å². The summed E-state index contributed by atoms with van der Waals surface area (Å²) in [6.45, 7) is 3.71. The second-order valence-electron chi connectivity index (χ2n) is 9.00. The highest BCUT2D eigenvalue weighted by atomic mass is 32.1. The molecule has 1 atom stereocenters. The van der Waals surface area contributed by atoms with Gasteiger partial charge in [0, 0.05) is 11.6 Å². The first-order valence-electron chi connectivity index (χ1n) is 12.4. The maximum atomic E-state index is 13.8. The monoisotopic (exact) mass is 558 g/mol. The number of carbonyl (C=O) groups excluding carboxylic acids is 1. The van der Waals surface area contributed by atoms with Crippen molar-refractivity contribution in [1.29, 1.82) is 0 Å². The number of fused-ring (bicyclic) bond motifs is 2. The Bertz CT molecular complexity index is 1880. The predicted octanol–water partition coefficient (Wildman–Crippen LogP) is 3.49.